The average Bonchev–Trinajstić information content (AvgIpc) is 2.88. The van der Waals surface area contributed by atoms with Crippen molar-refractivity contribution in [1.82, 2.24) is 0 Å². The number of hydrogen-bond acceptors (Lipinski definition) is 2. The van der Waals surface area contributed by atoms with Gasteiger partial charge >= 0.3 is 5.97 Å². The van der Waals surface area contributed by atoms with Crippen LogP contribution in [0.15, 0.2) is 53.1 Å². The molecule has 0 amide bonds. The predicted molar refractivity (Wildman–Crippen MR) is 127 cm³/mol. The van der Waals surface area contributed by atoms with E-state index in [1.165, 1.54) is 16.7 Å². The molecule has 3 nitrogen and oxygen atoms in total. The molecule has 0 radical (unpaired) electrons. The summed E-state index contributed by atoms with van der Waals surface area (Å²) >= 11 is 3.98. The summed E-state index contributed by atoms with van der Waals surface area (Å²) in [7, 11) is 0. The molecule has 3 rings (SSSR count). The lowest BCUT2D eigenvalue weighted by Crippen LogP contribution is -2.41. The van der Waals surface area contributed by atoms with Crippen LogP contribution in [-0.4, -0.2) is 22.5 Å². The first kappa shape index (κ1) is 22.9. The number of alkyl halides is 1. The highest BCUT2D eigenvalue weighted by molar-refractivity contribution is 9.09. The van der Waals surface area contributed by atoms with E-state index in [1.54, 1.807) is 12.1 Å². The van der Waals surface area contributed by atoms with Crippen LogP contribution in [0.1, 0.15) is 69.3 Å². The normalized spacial score (nSPS) is 25.9. The lowest BCUT2D eigenvalue weighted by molar-refractivity contribution is 0.0696. The maximum Gasteiger partial charge on any atom is 0.335 e. The van der Waals surface area contributed by atoms with Crippen molar-refractivity contribution < 1.29 is 14.6 Å². The van der Waals surface area contributed by atoms with Crippen molar-refractivity contribution in [3.05, 3.63) is 64.3 Å². The third-order valence-electron chi connectivity index (χ3n) is 6.65. The molecule has 1 aliphatic heterocycles. The van der Waals surface area contributed by atoms with Gasteiger partial charge in [0.15, 0.2) is 0 Å². The standard InChI is InChI=1S/C26H33BrO3/c1-17(2)6-5-7-18(3)12-13-26(4)22-15-21-14-19(25(28)29)8-10-23(21)30-16-20(22)9-11-24(26)27/h6,8-10,12,14,22,24H,5,7,11,13,15-16H2,1-4H3,(H,28,29). The minimum absolute atomic E-state index is 0.0477. The molecule has 1 heterocycles. The Morgan fingerprint density at radius 2 is 2.07 bits per heavy atom. The van der Waals surface area contributed by atoms with Gasteiger partial charge in [-0.3, -0.25) is 0 Å². The summed E-state index contributed by atoms with van der Waals surface area (Å²) in [6.45, 7) is 9.48. The zero-order valence-electron chi connectivity index (χ0n) is 18.5. The van der Waals surface area contributed by atoms with E-state index in [9.17, 15) is 9.90 Å². The van der Waals surface area contributed by atoms with Crippen LogP contribution < -0.4 is 4.74 Å². The maximum absolute atomic E-state index is 11.5. The minimum atomic E-state index is -0.891. The monoisotopic (exact) mass is 472 g/mol. The second-order valence-electron chi connectivity index (χ2n) is 9.24. The number of carboxylic acid groups (broad SMARTS) is 1. The molecule has 3 unspecified atom stereocenters. The summed E-state index contributed by atoms with van der Waals surface area (Å²) < 4.78 is 6.08. The number of carboxylic acids is 1. The van der Waals surface area contributed by atoms with Crippen LogP contribution in [0.3, 0.4) is 0 Å². The Labute approximate surface area is 189 Å². The molecule has 0 saturated heterocycles. The fourth-order valence-electron chi connectivity index (χ4n) is 4.58. The van der Waals surface area contributed by atoms with E-state index in [0.717, 1.165) is 43.4 Å². The third kappa shape index (κ3) is 5.08. The van der Waals surface area contributed by atoms with E-state index < -0.39 is 5.97 Å². The van der Waals surface area contributed by atoms with Gasteiger partial charge in [0, 0.05) is 4.83 Å². The summed E-state index contributed by atoms with van der Waals surface area (Å²) in [6, 6.07) is 5.24. The van der Waals surface area contributed by atoms with Crippen molar-refractivity contribution in [1.29, 1.82) is 0 Å². The van der Waals surface area contributed by atoms with Crippen LogP contribution in [0.2, 0.25) is 0 Å². The van der Waals surface area contributed by atoms with E-state index in [1.807, 2.05) is 6.07 Å². The topological polar surface area (TPSA) is 46.5 Å². The highest BCUT2D eigenvalue weighted by Crippen LogP contribution is 2.51. The molecule has 0 bridgehead atoms. The number of allylic oxidation sites excluding steroid dienone is 5. The van der Waals surface area contributed by atoms with Gasteiger partial charge in [-0.25, -0.2) is 4.79 Å². The molecule has 162 valence electrons. The molecule has 0 spiro atoms. The van der Waals surface area contributed by atoms with E-state index in [2.05, 4.69) is 61.9 Å². The molecular weight excluding hydrogens is 440 g/mol. The largest absolute Gasteiger partial charge is 0.489 e. The molecule has 0 saturated carbocycles. The number of fused-ring (bicyclic) bond motifs is 2. The first-order valence-corrected chi connectivity index (χ1v) is 11.7. The first-order chi connectivity index (χ1) is 14.2. The van der Waals surface area contributed by atoms with Crippen molar-refractivity contribution in [2.75, 3.05) is 6.61 Å². The number of benzene rings is 1. The van der Waals surface area contributed by atoms with E-state index >= 15 is 0 Å². The Kier molecular flexibility index (Phi) is 7.28. The average molecular weight is 473 g/mol. The first-order valence-electron chi connectivity index (χ1n) is 10.8. The van der Waals surface area contributed by atoms with Gasteiger partial charge in [0.1, 0.15) is 12.4 Å². The Morgan fingerprint density at radius 1 is 1.30 bits per heavy atom. The van der Waals surface area contributed by atoms with Crippen molar-refractivity contribution in [3.8, 4) is 5.75 Å². The van der Waals surface area contributed by atoms with Gasteiger partial charge in [-0.1, -0.05) is 52.2 Å². The van der Waals surface area contributed by atoms with Crippen LogP contribution >= 0.6 is 15.9 Å². The predicted octanol–water partition coefficient (Wildman–Crippen LogP) is 7.12. The molecule has 1 aliphatic carbocycles. The summed E-state index contributed by atoms with van der Waals surface area (Å²) in [6.07, 6.45) is 12.0. The fourth-order valence-corrected chi connectivity index (χ4v) is 5.27. The Balaban J connectivity index is 1.86. The molecule has 1 N–H and O–H groups in total. The number of carbonyl (C=O) groups is 1. The van der Waals surface area contributed by atoms with Crippen LogP contribution in [-0.2, 0) is 6.42 Å². The molecule has 1 aromatic rings. The van der Waals surface area contributed by atoms with Gasteiger partial charge < -0.3 is 9.84 Å². The van der Waals surface area contributed by atoms with Crippen LogP contribution in [0.5, 0.6) is 5.75 Å². The lowest BCUT2D eigenvalue weighted by atomic mass is 9.63. The molecule has 4 heteroatoms. The Morgan fingerprint density at radius 3 is 2.77 bits per heavy atom. The molecule has 2 aliphatic rings. The Bertz CT molecular complexity index is 892. The number of halogens is 1. The summed E-state index contributed by atoms with van der Waals surface area (Å²) in [5, 5.41) is 9.41. The maximum atomic E-state index is 11.5. The SMILES string of the molecule is CC(C)=CCCC(C)=CCC1(C)C(Br)CC=C2COc3ccc(C(=O)O)cc3CC21. The van der Waals surface area contributed by atoms with E-state index in [-0.39, 0.29) is 5.41 Å². The molecule has 3 atom stereocenters. The third-order valence-corrected chi connectivity index (χ3v) is 8.07. The number of aromatic carboxylic acids is 1. The van der Waals surface area contributed by atoms with Gasteiger partial charge in [-0.15, -0.1) is 0 Å². The summed E-state index contributed by atoms with van der Waals surface area (Å²) in [5.74, 6) is 0.248. The highest BCUT2D eigenvalue weighted by Gasteiger charge is 2.44. The quantitative estimate of drug-likeness (QED) is 0.354. The molecule has 0 fully saturated rings. The van der Waals surface area contributed by atoms with Crippen LogP contribution in [0.4, 0.5) is 0 Å². The Hall–Kier alpha value is -1.81. The number of hydrogen-bond donors (Lipinski definition) is 1. The smallest absolute Gasteiger partial charge is 0.335 e. The van der Waals surface area contributed by atoms with Crippen molar-refractivity contribution in [2.45, 2.75) is 64.6 Å². The van der Waals surface area contributed by atoms with Crippen LogP contribution in [0.25, 0.3) is 0 Å². The van der Waals surface area contributed by atoms with Crippen molar-refractivity contribution in [3.63, 3.8) is 0 Å². The summed E-state index contributed by atoms with van der Waals surface area (Å²) in [4.78, 5) is 11.8. The van der Waals surface area contributed by atoms with Crippen molar-refractivity contribution >= 4 is 21.9 Å². The van der Waals surface area contributed by atoms with Gasteiger partial charge in [0.05, 0.1) is 5.56 Å². The lowest BCUT2D eigenvalue weighted by Gasteiger charge is -2.44. The molecule has 0 aromatic heterocycles. The molecule has 1 aromatic carbocycles. The number of rotatable bonds is 6. The fraction of sp³-hybridized carbons (Fsp3) is 0.500. The zero-order valence-corrected chi connectivity index (χ0v) is 20.1. The van der Waals surface area contributed by atoms with E-state index in [0.29, 0.717) is 22.9 Å². The second kappa shape index (κ2) is 9.55. The highest BCUT2D eigenvalue weighted by atomic mass is 79.9. The number of ether oxygens (including phenoxy) is 1. The molecule has 30 heavy (non-hydrogen) atoms. The van der Waals surface area contributed by atoms with Gasteiger partial charge in [-0.2, -0.15) is 0 Å². The van der Waals surface area contributed by atoms with Gasteiger partial charge in [-0.05, 0) is 93.5 Å². The zero-order chi connectivity index (χ0) is 21.9. The van der Waals surface area contributed by atoms with Crippen molar-refractivity contribution in [2.24, 2.45) is 11.3 Å². The van der Waals surface area contributed by atoms with Crippen LogP contribution in [0, 0.1) is 11.3 Å². The van der Waals surface area contributed by atoms with Gasteiger partial charge in [0.25, 0.3) is 0 Å². The minimum Gasteiger partial charge on any atom is -0.489 e. The molecular formula is C26H33BrO3. The van der Waals surface area contributed by atoms with E-state index in [4.69, 9.17) is 4.74 Å². The summed E-state index contributed by atoms with van der Waals surface area (Å²) in [5.41, 5.74) is 5.52. The second-order valence-corrected chi connectivity index (χ2v) is 10.3. The van der Waals surface area contributed by atoms with Gasteiger partial charge in [0.2, 0.25) is 0 Å².